The van der Waals surface area contributed by atoms with Gasteiger partial charge in [-0.1, -0.05) is 12.8 Å². The minimum atomic E-state index is -0.764. The highest BCUT2D eigenvalue weighted by molar-refractivity contribution is 5.97. The number of unbranched alkanes of at least 4 members (excludes halogenated alkanes) is 3. The van der Waals surface area contributed by atoms with Crippen molar-refractivity contribution in [1.82, 2.24) is 5.32 Å². The van der Waals surface area contributed by atoms with Crippen LogP contribution in [0.15, 0.2) is 18.2 Å². The molecule has 0 aliphatic carbocycles. The lowest BCUT2D eigenvalue weighted by atomic mass is 10.1. The van der Waals surface area contributed by atoms with Crippen LogP contribution in [0, 0.1) is 0 Å². The van der Waals surface area contributed by atoms with E-state index >= 15 is 0 Å². The van der Waals surface area contributed by atoms with Crippen molar-refractivity contribution in [3.05, 3.63) is 23.8 Å². The van der Waals surface area contributed by atoms with Gasteiger partial charge in [0.25, 0.3) is 5.91 Å². The number of benzene rings is 1. The van der Waals surface area contributed by atoms with Crippen LogP contribution in [0.5, 0.6) is 11.5 Å². The van der Waals surface area contributed by atoms with Gasteiger partial charge in [0.1, 0.15) is 11.5 Å². The molecule has 0 saturated carbocycles. The smallest absolute Gasteiger partial charge is 0.303 e. The number of nitrogens with one attached hydrogen (secondary N) is 1. The largest absolute Gasteiger partial charge is 0.497 e. The monoisotopic (exact) mass is 309 g/mol. The van der Waals surface area contributed by atoms with Gasteiger partial charge in [-0.25, -0.2) is 0 Å². The SMILES string of the molecule is COc1ccc(C(=O)NCCCCCCC(=O)O)c(OC)c1. The van der Waals surface area contributed by atoms with Crippen LogP contribution in [-0.2, 0) is 4.79 Å². The van der Waals surface area contributed by atoms with Crippen molar-refractivity contribution in [2.45, 2.75) is 32.1 Å². The fraction of sp³-hybridized carbons (Fsp3) is 0.500. The molecule has 122 valence electrons. The number of aliphatic carboxylic acids is 1. The van der Waals surface area contributed by atoms with Crippen molar-refractivity contribution >= 4 is 11.9 Å². The third kappa shape index (κ3) is 6.03. The molecule has 6 heteroatoms. The van der Waals surface area contributed by atoms with E-state index in [9.17, 15) is 9.59 Å². The maximum Gasteiger partial charge on any atom is 0.303 e. The quantitative estimate of drug-likeness (QED) is 0.649. The zero-order valence-corrected chi connectivity index (χ0v) is 13.1. The Balaban J connectivity index is 2.35. The molecule has 0 atom stereocenters. The van der Waals surface area contributed by atoms with Crippen LogP contribution in [0.2, 0.25) is 0 Å². The van der Waals surface area contributed by atoms with E-state index in [1.807, 2.05) is 0 Å². The zero-order valence-electron chi connectivity index (χ0n) is 13.1. The molecule has 1 rings (SSSR count). The van der Waals surface area contributed by atoms with Gasteiger partial charge >= 0.3 is 5.97 Å². The lowest BCUT2D eigenvalue weighted by Crippen LogP contribution is -2.24. The maximum atomic E-state index is 12.1. The molecule has 0 radical (unpaired) electrons. The number of carboxylic acids is 1. The number of carbonyl (C=O) groups is 2. The summed E-state index contributed by atoms with van der Waals surface area (Å²) >= 11 is 0. The van der Waals surface area contributed by atoms with E-state index in [0.717, 1.165) is 19.3 Å². The Morgan fingerprint density at radius 2 is 1.82 bits per heavy atom. The second-order valence-electron chi connectivity index (χ2n) is 4.88. The van der Waals surface area contributed by atoms with Gasteiger partial charge in [-0.15, -0.1) is 0 Å². The predicted molar refractivity (Wildman–Crippen MR) is 82.6 cm³/mol. The number of carboxylic acid groups (broad SMARTS) is 1. The molecule has 0 aliphatic heterocycles. The van der Waals surface area contributed by atoms with Crippen molar-refractivity contribution in [3.8, 4) is 11.5 Å². The topological polar surface area (TPSA) is 84.9 Å². The highest BCUT2D eigenvalue weighted by Gasteiger charge is 2.12. The summed E-state index contributed by atoms with van der Waals surface area (Å²) in [6, 6.07) is 5.05. The maximum absolute atomic E-state index is 12.1. The number of ether oxygens (including phenoxy) is 2. The van der Waals surface area contributed by atoms with Crippen molar-refractivity contribution in [1.29, 1.82) is 0 Å². The van der Waals surface area contributed by atoms with Crippen LogP contribution >= 0.6 is 0 Å². The van der Waals surface area contributed by atoms with E-state index in [1.165, 1.54) is 7.11 Å². The van der Waals surface area contributed by atoms with E-state index < -0.39 is 5.97 Å². The van der Waals surface area contributed by atoms with Gasteiger partial charge < -0.3 is 19.9 Å². The molecule has 22 heavy (non-hydrogen) atoms. The van der Waals surface area contributed by atoms with Gasteiger partial charge in [-0.2, -0.15) is 0 Å². The Kier molecular flexibility index (Phi) is 7.81. The molecule has 1 aromatic rings. The molecule has 6 nitrogen and oxygen atoms in total. The summed E-state index contributed by atoms with van der Waals surface area (Å²) in [4.78, 5) is 22.5. The minimum absolute atomic E-state index is 0.190. The first-order chi connectivity index (χ1) is 10.6. The summed E-state index contributed by atoms with van der Waals surface area (Å²) in [6.07, 6.45) is 3.45. The highest BCUT2D eigenvalue weighted by Crippen LogP contribution is 2.24. The third-order valence-corrected chi connectivity index (χ3v) is 3.26. The van der Waals surface area contributed by atoms with E-state index in [4.69, 9.17) is 14.6 Å². The third-order valence-electron chi connectivity index (χ3n) is 3.26. The molecule has 0 aliphatic rings. The second kappa shape index (κ2) is 9.65. The molecule has 0 spiro atoms. The van der Waals surface area contributed by atoms with Crippen molar-refractivity contribution in [2.24, 2.45) is 0 Å². The Labute approximate surface area is 130 Å². The van der Waals surface area contributed by atoms with Crippen molar-refractivity contribution in [2.75, 3.05) is 20.8 Å². The van der Waals surface area contributed by atoms with Crippen molar-refractivity contribution in [3.63, 3.8) is 0 Å². The zero-order chi connectivity index (χ0) is 16.4. The first-order valence-electron chi connectivity index (χ1n) is 7.30. The fourth-order valence-corrected chi connectivity index (χ4v) is 2.04. The molecule has 0 bridgehead atoms. The lowest BCUT2D eigenvalue weighted by Gasteiger charge is -2.10. The summed E-state index contributed by atoms with van der Waals surface area (Å²) in [7, 11) is 3.06. The van der Waals surface area contributed by atoms with E-state index in [2.05, 4.69) is 5.32 Å². The van der Waals surface area contributed by atoms with Gasteiger partial charge in [-0.3, -0.25) is 9.59 Å². The molecule has 1 amide bonds. The van der Waals surface area contributed by atoms with E-state index in [0.29, 0.717) is 30.0 Å². The first-order valence-corrected chi connectivity index (χ1v) is 7.30. The Hall–Kier alpha value is -2.24. The molecule has 0 heterocycles. The average Bonchev–Trinajstić information content (AvgIpc) is 2.52. The molecular weight excluding hydrogens is 286 g/mol. The van der Waals surface area contributed by atoms with Gasteiger partial charge in [0.2, 0.25) is 0 Å². The van der Waals surface area contributed by atoms with E-state index in [1.54, 1.807) is 25.3 Å². The first kappa shape index (κ1) is 17.8. The molecule has 0 fully saturated rings. The van der Waals surface area contributed by atoms with Gasteiger partial charge in [0.15, 0.2) is 0 Å². The number of rotatable bonds is 10. The summed E-state index contributed by atoms with van der Waals surface area (Å²) < 4.78 is 10.3. The van der Waals surface area contributed by atoms with Crippen LogP contribution in [0.25, 0.3) is 0 Å². The molecule has 2 N–H and O–H groups in total. The lowest BCUT2D eigenvalue weighted by molar-refractivity contribution is -0.137. The summed E-state index contributed by atoms with van der Waals surface area (Å²) in [5.41, 5.74) is 0.467. The van der Waals surface area contributed by atoms with Gasteiger partial charge in [0.05, 0.1) is 19.8 Å². The molecule has 0 aromatic heterocycles. The van der Waals surface area contributed by atoms with Crippen LogP contribution < -0.4 is 14.8 Å². The van der Waals surface area contributed by atoms with Crippen LogP contribution in [0.1, 0.15) is 42.5 Å². The van der Waals surface area contributed by atoms with E-state index in [-0.39, 0.29) is 12.3 Å². The summed E-state index contributed by atoms with van der Waals surface area (Å²) in [5, 5.41) is 11.4. The van der Waals surface area contributed by atoms with Crippen LogP contribution in [0.3, 0.4) is 0 Å². The van der Waals surface area contributed by atoms with Crippen LogP contribution in [-0.4, -0.2) is 37.7 Å². The summed E-state index contributed by atoms with van der Waals surface area (Å²) in [6.45, 7) is 0.557. The number of methoxy groups -OCH3 is 2. The Morgan fingerprint density at radius 1 is 1.09 bits per heavy atom. The molecule has 1 aromatic carbocycles. The second-order valence-corrected chi connectivity index (χ2v) is 4.88. The molecule has 0 saturated heterocycles. The van der Waals surface area contributed by atoms with Crippen LogP contribution in [0.4, 0.5) is 0 Å². The van der Waals surface area contributed by atoms with Gasteiger partial charge in [-0.05, 0) is 25.0 Å². The normalized spacial score (nSPS) is 10.1. The highest BCUT2D eigenvalue weighted by atomic mass is 16.5. The number of carbonyl (C=O) groups excluding carboxylic acids is 1. The summed E-state index contributed by atoms with van der Waals surface area (Å²) in [5.74, 6) is 0.148. The fourth-order valence-electron chi connectivity index (χ4n) is 2.04. The predicted octanol–water partition coefficient (Wildman–Crippen LogP) is 2.47. The Morgan fingerprint density at radius 3 is 2.45 bits per heavy atom. The number of amides is 1. The average molecular weight is 309 g/mol. The van der Waals surface area contributed by atoms with Gasteiger partial charge in [0, 0.05) is 19.0 Å². The Bertz CT molecular complexity index is 501. The molecular formula is C16H23NO5. The standard InChI is InChI=1S/C16H23NO5/c1-21-12-8-9-13(14(11-12)22-2)16(20)17-10-6-4-3-5-7-15(18)19/h8-9,11H,3-7,10H2,1-2H3,(H,17,20)(H,18,19). The minimum Gasteiger partial charge on any atom is -0.497 e. The number of hydrogen-bond donors (Lipinski definition) is 2. The van der Waals surface area contributed by atoms with Crippen molar-refractivity contribution < 1.29 is 24.2 Å². The molecule has 0 unspecified atom stereocenters. The number of hydrogen-bond acceptors (Lipinski definition) is 4.